The molecule has 0 aliphatic heterocycles. The van der Waals surface area contributed by atoms with Gasteiger partial charge in [0.25, 0.3) is 0 Å². The third-order valence-electron chi connectivity index (χ3n) is 6.02. The molecule has 5 saturated carbocycles. The standard InChI is InChI=1S/C11H12O/c12-11-8-4-2-5-7-3(4)1-6(8)9(7)10(5)11/h3-10H,1-2H2/t3-,4-,5+,6-,7+,8+,9-,10-/m0/s1. The molecular weight excluding hydrogens is 148 g/mol. The fraction of sp³-hybridized carbons (Fsp3) is 0.909. The molecule has 0 radical (unpaired) electrons. The highest BCUT2D eigenvalue weighted by atomic mass is 16.1. The number of fused-ring (bicyclic) bond motifs is 2. The molecule has 0 aromatic carbocycles. The molecule has 0 saturated heterocycles. The first-order valence-corrected chi connectivity index (χ1v) is 5.41. The van der Waals surface area contributed by atoms with Crippen molar-refractivity contribution in [1.82, 2.24) is 0 Å². The smallest absolute Gasteiger partial charge is 0.140 e. The van der Waals surface area contributed by atoms with E-state index in [-0.39, 0.29) is 0 Å². The molecule has 5 aliphatic carbocycles. The van der Waals surface area contributed by atoms with Gasteiger partial charge in [0.1, 0.15) is 5.78 Å². The third kappa shape index (κ3) is 0.272. The van der Waals surface area contributed by atoms with E-state index in [0.29, 0.717) is 17.6 Å². The summed E-state index contributed by atoms with van der Waals surface area (Å²) in [5, 5.41) is 0. The van der Waals surface area contributed by atoms with Crippen LogP contribution in [0.3, 0.4) is 0 Å². The van der Waals surface area contributed by atoms with Gasteiger partial charge in [-0.15, -0.1) is 0 Å². The molecule has 5 aliphatic rings. The van der Waals surface area contributed by atoms with Gasteiger partial charge in [-0.3, -0.25) is 4.79 Å². The number of Topliss-reactive ketones (excluding diaryl/α,β-unsaturated/α-hetero) is 1. The minimum Gasteiger partial charge on any atom is -0.299 e. The van der Waals surface area contributed by atoms with Crippen LogP contribution in [0.4, 0.5) is 0 Å². The van der Waals surface area contributed by atoms with Crippen LogP contribution in [0.1, 0.15) is 12.8 Å². The summed E-state index contributed by atoms with van der Waals surface area (Å²) in [6.45, 7) is 0. The quantitative estimate of drug-likeness (QED) is 0.522. The van der Waals surface area contributed by atoms with Crippen molar-refractivity contribution in [2.75, 3.05) is 0 Å². The Balaban J connectivity index is 1.91. The lowest BCUT2D eigenvalue weighted by atomic mass is 9.60. The summed E-state index contributed by atoms with van der Waals surface area (Å²) in [5.74, 6) is 7.54. The van der Waals surface area contributed by atoms with E-state index in [1.165, 1.54) is 12.8 Å². The molecule has 62 valence electrons. The second-order valence-corrected chi connectivity index (χ2v) is 5.74. The van der Waals surface area contributed by atoms with Crippen molar-refractivity contribution in [1.29, 1.82) is 0 Å². The van der Waals surface area contributed by atoms with Crippen LogP contribution in [0.25, 0.3) is 0 Å². The fourth-order valence-corrected chi connectivity index (χ4v) is 6.10. The molecule has 8 atom stereocenters. The summed E-state index contributed by atoms with van der Waals surface area (Å²) in [6.07, 6.45) is 2.90. The van der Waals surface area contributed by atoms with E-state index >= 15 is 0 Å². The predicted octanol–water partition coefficient (Wildman–Crippen LogP) is 1.33. The normalized spacial score (nSPS) is 79.2. The van der Waals surface area contributed by atoms with Gasteiger partial charge in [0.05, 0.1) is 0 Å². The zero-order valence-electron chi connectivity index (χ0n) is 6.94. The summed E-state index contributed by atoms with van der Waals surface area (Å²) < 4.78 is 0. The van der Waals surface area contributed by atoms with Crippen molar-refractivity contribution < 1.29 is 4.79 Å². The number of hydrogen-bond acceptors (Lipinski definition) is 1. The third-order valence-corrected chi connectivity index (χ3v) is 6.02. The second-order valence-electron chi connectivity index (χ2n) is 5.74. The Labute approximate surface area is 71.5 Å². The van der Waals surface area contributed by atoms with Gasteiger partial charge >= 0.3 is 0 Å². The lowest BCUT2D eigenvalue weighted by Gasteiger charge is -2.43. The van der Waals surface area contributed by atoms with Crippen molar-refractivity contribution in [3.8, 4) is 0 Å². The van der Waals surface area contributed by atoms with Gasteiger partial charge < -0.3 is 0 Å². The van der Waals surface area contributed by atoms with E-state index in [9.17, 15) is 4.79 Å². The number of ketones is 1. The van der Waals surface area contributed by atoms with Crippen LogP contribution in [0, 0.1) is 47.3 Å². The molecule has 5 rings (SSSR count). The SMILES string of the molecule is O=C1[C@@H]2[C@H]3C[C@H]4[C@H]1[C@H]1[C@H]2C[C@@H]3[C@H]41. The molecule has 12 heavy (non-hydrogen) atoms. The average Bonchev–Trinajstić information content (AvgIpc) is 2.47. The molecule has 0 aromatic rings. The van der Waals surface area contributed by atoms with E-state index in [2.05, 4.69) is 0 Å². The van der Waals surface area contributed by atoms with E-state index in [1.807, 2.05) is 0 Å². The highest BCUT2D eigenvalue weighted by Crippen LogP contribution is 2.81. The molecule has 2 bridgehead atoms. The van der Waals surface area contributed by atoms with Crippen LogP contribution in [-0.2, 0) is 4.79 Å². The first-order valence-electron chi connectivity index (χ1n) is 5.41. The molecule has 0 heterocycles. The van der Waals surface area contributed by atoms with Gasteiger partial charge in [0.2, 0.25) is 0 Å². The maximum absolute atomic E-state index is 11.9. The maximum Gasteiger partial charge on any atom is 0.140 e. The molecule has 0 N–H and O–H groups in total. The molecule has 0 amide bonds. The van der Waals surface area contributed by atoms with Gasteiger partial charge in [0.15, 0.2) is 0 Å². The second kappa shape index (κ2) is 1.21. The molecule has 1 heteroatoms. The van der Waals surface area contributed by atoms with Gasteiger partial charge in [-0.25, -0.2) is 0 Å². The summed E-state index contributed by atoms with van der Waals surface area (Å²) in [6, 6.07) is 0. The average molecular weight is 160 g/mol. The van der Waals surface area contributed by atoms with Gasteiger partial charge in [-0.1, -0.05) is 0 Å². The predicted molar refractivity (Wildman–Crippen MR) is 42.2 cm³/mol. The summed E-state index contributed by atoms with van der Waals surface area (Å²) in [7, 11) is 0. The van der Waals surface area contributed by atoms with Crippen LogP contribution < -0.4 is 0 Å². The van der Waals surface area contributed by atoms with Crippen molar-refractivity contribution in [3.05, 3.63) is 0 Å². The van der Waals surface area contributed by atoms with E-state index < -0.39 is 0 Å². The lowest BCUT2D eigenvalue weighted by Crippen LogP contribution is -2.44. The van der Waals surface area contributed by atoms with Crippen molar-refractivity contribution >= 4 is 5.78 Å². The lowest BCUT2D eigenvalue weighted by molar-refractivity contribution is -0.132. The first kappa shape index (κ1) is 5.41. The topological polar surface area (TPSA) is 17.1 Å². The Kier molecular flexibility index (Phi) is 0.547. The van der Waals surface area contributed by atoms with Gasteiger partial charge in [-0.2, -0.15) is 0 Å². The Morgan fingerprint density at radius 1 is 0.833 bits per heavy atom. The molecule has 0 aromatic heterocycles. The van der Waals surface area contributed by atoms with Crippen LogP contribution in [0.2, 0.25) is 0 Å². The maximum atomic E-state index is 11.9. The first-order chi connectivity index (χ1) is 5.88. The number of carbonyl (C=O) groups excluding carboxylic acids is 1. The minimum absolute atomic E-state index is 0.583. The summed E-state index contributed by atoms with van der Waals surface area (Å²) in [4.78, 5) is 11.9. The molecule has 5 fully saturated rings. The van der Waals surface area contributed by atoms with E-state index in [1.54, 1.807) is 0 Å². The number of rotatable bonds is 0. The Morgan fingerprint density at radius 3 is 2.50 bits per heavy atom. The summed E-state index contributed by atoms with van der Waals surface area (Å²) in [5.41, 5.74) is 0. The van der Waals surface area contributed by atoms with Gasteiger partial charge in [0, 0.05) is 11.8 Å². The van der Waals surface area contributed by atoms with Crippen molar-refractivity contribution in [3.63, 3.8) is 0 Å². The zero-order valence-corrected chi connectivity index (χ0v) is 6.94. The van der Waals surface area contributed by atoms with Crippen LogP contribution >= 0.6 is 0 Å². The largest absolute Gasteiger partial charge is 0.299 e. The van der Waals surface area contributed by atoms with Gasteiger partial charge in [-0.05, 0) is 48.3 Å². The minimum atomic E-state index is 0.583. The molecule has 0 spiro atoms. The zero-order chi connectivity index (χ0) is 7.61. The molecule has 1 nitrogen and oxygen atoms in total. The van der Waals surface area contributed by atoms with E-state index in [0.717, 1.165) is 35.5 Å². The number of carbonyl (C=O) groups is 1. The Morgan fingerprint density at radius 2 is 1.58 bits per heavy atom. The Bertz CT molecular complexity index is 315. The van der Waals surface area contributed by atoms with Crippen LogP contribution in [-0.4, -0.2) is 5.78 Å². The molecule has 0 unspecified atom stereocenters. The number of hydrogen-bond donors (Lipinski definition) is 0. The van der Waals surface area contributed by atoms with Crippen molar-refractivity contribution in [2.45, 2.75) is 12.8 Å². The fourth-order valence-electron chi connectivity index (χ4n) is 6.10. The summed E-state index contributed by atoms with van der Waals surface area (Å²) >= 11 is 0. The Hall–Kier alpha value is -0.330. The monoisotopic (exact) mass is 160 g/mol. The van der Waals surface area contributed by atoms with Crippen molar-refractivity contribution in [2.24, 2.45) is 47.3 Å². The highest BCUT2D eigenvalue weighted by molar-refractivity contribution is 5.91. The van der Waals surface area contributed by atoms with E-state index in [4.69, 9.17) is 0 Å². The van der Waals surface area contributed by atoms with Crippen LogP contribution in [0.5, 0.6) is 0 Å². The molecular formula is C11H12O. The van der Waals surface area contributed by atoms with Crippen LogP contribution in [0.15, 0.2) is 0 Å². The highest BCUT2D eigenvalue weighted by Gasteiger charge is 2.80.